The molecular weight excluding hydrogens is 604 g/mol. The first-order valence-electron chi connectivity index (χ1n) is 10.7. The summed E-state index contributed by atoms with van der Waals surface area (Å²) in [5.41, 5.74) is 0.467. The fourth-order valence-electron chi connectivity index (χ4n) is 3.68. The van der Waals surface area contributed by atoms with Crippen LogP contribution in [0.3, 0.4) is 0 Å². The molecule has 0 heterocycles. The maximum Gasteiger partial charge on any atom is 0.406 e. The number of carbonyl (C=O) groups excluding carboxylic acids is 2. The van der Waals surface area contributed by atoms with Crippen LogP contribution in [0.4, 0.5) is 13.2 Å². The van der Waals surface area contributed by atoms with Crippen LogP contribution >= 0.6 is 22.6 Å². The largest absolute Gasteiger partial charge is 0.493 e. The van der Waals surface area contributed by atoms with E-state index < -0.39 is 55.8 Å². The third-order valence-corrected chi connectivity index (χ3v) is 6.08. The second-order valence-corrected chi connectivity index (χ2v) is 9.02. The normalized spacial score (nSPS) is 19.9. The zero-order valence-corrected chi connectivity index (χ0v) is 21.7. The minimum Gasteiger partial charge on any atom is -0.493 e. The molecule has 0 saturated heterocycles. The molecule has 0 aromatic heterocycles. The van der Waals surface area contributed by atoms with Crippen molar-refractivity contribution in [3.05, 3.63) is 32.9 Å². The molecule has 0 saturated carbocycles. The van der Waals surface area contributed by atoms with E-state index in [1.54, 1.807) is 6.07 Å². The van der Waals surface area contributed by atoms with E-state index >= 15 is 0 Å². The number of rotatable bonds is 11. The third kappa shape index (κ3) is 7.93. The van der Waals surface area contributed by atoms with E-state index in [-0.39, 0.29) is 36.8 Å². The highest BCUT2D eigenvalue weighted by Crippen LogP contribution is 2.37. The summed E-state index contributed by atoms with van der Waals surface area (Å²) in [5, 5.41) is 31.9. The van der Waals surface area contributed by atoms with Crippen molar-refractivity contribution in [1.82, 2.24) is 10.2 Å². The van der Waals surface area contributed by atoms with Crippen LogP contribution in [0, 0.1) is 3.57 Å². The number of carbonyl (C=O) groups is 2. The van der Waals surface area contributed by atoms with Gasteiger partial charge in [0.25, 0.3) is 0 Å². The van der Waals surface area contributed by atoms with E-state index in [1.165, 1.54) is 19.3 Å². The van der Waals surface area contributed by atoms with Gasteiger partial charge in [0.2, 0.25) is 11.8 Å². The van der Waals surface area contributed by atoms with Crippen molar-refractivity contribution >= 4 is 34.4 Å². The van der Waals surface area contributed by atoms with E-state index in [4.69, 9.17) is 19.3 Å². The van der Waals surface area contributed by atoms with Crippen LogP contribution in [0.15, 0.2) is 23.8 Å². The lowest BCUT2D eigenvalue weighted by Crippen LogP contribution is -2.57. The maximum atomic E-state index is 13.4. The van der Waals surface area contributed by atoms with Gasteiger partial charge in [0.15, 0.2) is 11.5 Å². The van der Waals surface area contributed by atoms with Crippen LogP contribution in [0.2, 0.25) is 0 Å². The summed E-state index contributed by atoms with van der Waals surface area (Å²) in [6.45, 7) is -3.12. The molecule has 3 atom stereocenters. The second kappa shape index (κ2) is 13.4. The molecule has 36 heavy (non-hydrogen) atoms. The molecule has 0 spiro atoms. The molecule has 14 heteroatoms. The molecule has 202 valence electrons. The third-order valence-electron chi connectivity index (χ3n) is 5.28. The minimum atomic E-state index is -4.79. The first-order chi connectivity index (χ1) is 16.9. The molecule has 0 bridgehead atoms. The summed E-state index contributed by atoms with van der Waals surface area (Å²) in [6.07, 6.45) is -6.96. The predicted octanol–water partition coefficient (Wildman–Crippen LogP) is 0.745. The lowest BCUT2D eigenvalue weighted by molar-refractivity contribution is -0.174. The fourth-order valence-corrected chi connectivity index (χ4v) is 4.48. The number of ether oxygens (including phenoxy) is 3. The van der Waals surface area contributed by atoms with E-state index in [2.05, 4.69) is 5.32 Å². The van der Waals surface area contributed by atoms with Crippen molar-refractivity contribution in [2.24, 2.45) is 0 Å². The number of halogens is 4. The zero-order chi connectivity index (χ0) is 27.0. The average Bonchev–Trinajstić information content (AvgIpc) is 2.82. The van der Waals surface area contributed by atoms with Crippen molar-refractivity contribution < 1.29 is 52.3 Å². The van der Waals surface area contributed by atoms with E-state index in [0.29, 0.717) is 14.0 Å². The van der Waals surface area contributed by atoms with Crippen LogP contribution in [-0.4, -0.2) is 97.0 Å². The van der Waals surface area contributed by atoms with Gasteiger partial charge in [-0.1, -0.05) is 0 Å². The lowest BCUT2D eigenvalue weighted by atomic mass is 9.88. The number of alkyl halides is 3. The summed E-state index contributed by atoms with van der Waals surface area (Å²) in [6, 6.07) is 1.59. The molecule has 1 aromatic carbocycles. The zero-order valence-electron chi connectivity index (χ0n) is 19.5. The molecule has 2 amide bonds. The van der Waals surface area contributed by atoms with Crippen molar-refractivity contribution in [1.29, 1.82) is 0 Å². The van der Waals surface area contributed by atoms with Crippen molar-refractivity contribution in [3.63, 3.8) is 0 Å². The summed E-state index contributed by atoms with van der Waals surface area (Å²) in [5.74, 6) is -1.42. The van der Waals surface area contributed by atoms with E-state index in [1.807, 2.05) is 22.6 Å². The highest BCUT2D eigenvalue weighted by Gasteiger charge is 2.44. The van der Waals surface area contributed by atoms with Crippen LogP contribution < -0.4 is 14.8 Å². The molecule has 10 nitrogen and oxygen atoms in total. The average molecular weight is 632 g/mol. The Balaban J connectivity index is 2.53. The molecule has 0 fully saturated rings. The number of nitrogens with one attached hydrogen (secondary N) is 1. The van der Waals surface area contributed by atoms with Crippen LogP contribution in [0.5, 0.6) is 11.5 Å². The molecule has 0 aliphatic heterocycles. The van der Waals surface area contributed by atoms with Gasteiger partial charge >= 0.3 is 6.18 Å². The topological polar surface area (TPSA) is 138 Å². The molecule has 1 aliphatic carbocycles. The first kappa shape index (κ1) is 30.1. The van der Waals surface area contributed by atoms with Crippen LogP contribution in [0.25, 0.3) is 0 Å². The second-order valence-electron chi connectivity index (χ2n) is 7.85. The van der Waals surface area contributed by atoms with Gasteiger partial charge in [-0.05, 0) is 46.4 Å². The Bertz CT molecular complexity index is 960. The number of methoxy groups -OCH3 is 2. The Kier molecular flexibility index (Phi) is 11.2. The first-order valence-corrected chi connectivity index (χ1v) is 11.8. The van der Waals surface area contributed by atoms with Gasteiger partial charge in [0, 0.05) is 25.6 Å². The van der Waals surface area contributed by atoms with Gasteiger partial charge in [-0.15, -0.1) is 0 Å². The van der Waals surface area contributed by atoms with Gasteiger partial charge in [-0.3, -0.25) is 9.59 Å². The smallest absolute Gasteiger partial charge is 0.406 e. The van der Waals surface area contributed by atoms with E-state index in [0.717, 1.165) is 7.11 Å². The Hall–Kier alpha value is -2.14. The highest BCUT2D eigenvalue weighted by molar-refractivity contribution is 14.1. The number of hydrogen-bond acceptors (Lipinski definition) is 8. The van der Waals surface area contributed by atoms with Crippen LogP contribution in [0.1, 0.15) is 12.0 Å². The Morgan fingerprint density at radius 1 is 1.25 bits per heavy atom. The summed E-state index contributed by atoms with van der Waals surface area (Å²) < 4.78 is 56.5. The Morgan fingerprint density at radius 3 is 2.50 bits per heavy atom. The van der Waals surface area contributed by atoms with Crippen LogP contribution in [-0.2, 0) is 20.9 Å². The molecule has 0 radical (unpaired) electrons. The number of nitrogens with zero attached hydrogens (tertiary/aromatic N) is 1. The van der Waals surface area contributed by atoms with Gasteiger partial charge in [0.1, 0.15) is 25.4 Å². The SMILES string of the molecule is COCC(=O)N(CC(F)(F)F)C1CC(C(=O)NCCO)=CC(Oc2c(I)cc(CO)cc2OC)C1O. The number of amides is 2. The molecule has 2 rings (SSSR count). The van der Waals surface area contributed by atoms with Gasteiger partial charge in [-0.25, -0.2) is 0 Å². The molecule has 1 aromatic rings. The molecular formula is C22H28F3IN2O8. The summed E-state index contributed by atoms with van der Waals surface area (Å²) in [7, 11) is 2.49. The Morgan fingerprint density at radius 2 is 1.94 bits per heavy atom. The number of aliphatic hydroxyl groups excluding tert-OH is 3. The standard InChI is InChI=1S/C22H28F3IN2O8/c1-34-10-18(31)28(11-22(23,24)25)15-7-13(21(33)27-3-4-29)8-16(19(15)32)36-20-14(26)5-12(9-30)6-17(20)35-2/h5-6,8,15-16,19,29-30,32H,3-4,7,9-11H2,1-2H3,(H,27,33). The lowest BCUT2D eigenvalue weighted by Gasteiger charge is -2.40. The van der Waals surface area contributed by atoms with Gasteiger partial charge in [0.05, 0.1) is 29.9 Å². The van der Waals surface area contributed by atoms with Gasteiger partial charge in [-0.2, -0.15) is 13.2 Å². The molecule has 3 unspecified atom stereocenters. The van der Waals surface area contributed by atoms with E-state index in [9.17, 15) is 33.0 Å². The number of aliphatic hydroxyl groups is 3. The fraction of sp³-hybridized carbons (Fsp3) is 0.545. The predicted molar refractivity (Wildman–Crippen MR) is 128 cm³/mol. The molecule has 4 N–H and O–H groups in total. The number of hydrogen-bond donors (Lipinski definition) is 4. The van der Waals surface area contributed by atoms with Crippen molar-refractivity contribution in [2.75, 3.05) is 40.5 Å². The molecule has 1 aliphatic rings. The minimum absolute atomic E-state index is 0.0397. The van der Waals surface area contributed by atoms with Gasteiger partial charge < -0.3 is 39.7 Å². The summed E-state index contributed by atoms with van der Waals surface area (Å²) >= 11 is 1.90. The summed E-state index contributed by atoms with van der Waals surface area (Å²) in [4.78, 5) is 25.6. The number of benzene rings is 1. The quantitative estimate of drug-likeness (QED) is 0.263. The Labute approximate surface area is 219 Å². The maximum absolute atomic E-state index is 13.4. The van der Waals surface area contributed by atoms with Crippen molar-refractivity contribution in [3.8, 4) is 11.5 Å². The van der Waals surface area contributed by atoms with Crippen molar-refractivity contribution in [2.45, 2.75) is 37.5 Å². The monoisotopic (exact) mass is 632 g/mol. The highest BCUT2D eigenvalue weighted by atomic mass is 127.